The van der Waals surface area contributed by atoms with E-state index >= 15 is 0 Å². The summed E-state index contributed by atoms with van der Waals surface area (Å²) in [5.74, 6) is 2.27. The van der Waals surface area contributed by atoms with E-state index in [1.54, 1.807) is 6.20 Å². The molecule has 0 bridgehead atoms. The van der Waals surface area contributed by atoms with E-state index in [2.05, 4.69) is 40.6 Å². The summed E-state index contributed by atoms with van der Waals surface area (Å²) in [4.78, 5) is 4.40. The topological polar surface area (TPSA) is 34.1 Å². The van der Waals surface area contributed by atoms with Gasteiger partial charge in [-0.05, 0) is 38.0 Å². The van der Waals surface area contributed by atoms with Gasteiger partial charge in [0.05, 0.1) is 6.10 Å². The van der Waals surface area contributed by atoms with Gasteiger partial charge in [0.2, 0.25) is 0 Å². The molecule has 0 amide bonds. The molecule has 1 saturated carbocycles. The van der Waals surface area contributed by atoms with Gasteiger partial charge in [0, 0.05) is 18.2 Å². The zero-order chi connectivity index (χ0) is 13.9. The van der Waals surface area contributed by atoms with E-state index in [0.717, 1.165) is 18.0 Å². The van der Waals surface area contributed by atoms with Crippen molar-refractivity contribution in [2.45, 2.75) is 38.3 Å². The molecule has 1 heterocycles. The lowest BCUT2D eigenvalue weighted by atomic mass is 10.1. The molecule has 1 N–H and O–H groups in total. The smallest absolute Gasteiger partial charge is 0.169 e. The molecule has 104 valence electrons. The second-order valence-corrected chi connectivity index (χ2v) is 5.52. The maximum absolute atomic E-state index is 5.79. The number of nitrogens with one attached hydrogen (secondary N) is 1. The van der Waals surface area contributed by atoms with Gasteiger partial charge >= 0.3 is 0 Å². The largest absolute Gasteiger partial charge is 0.487 e. The summed E-state index contributed by atoms with van der Waals surface area (Å²) in [5.41, 5.74) is 1.40. The predicted octanol–water partition coefficient (Wildman–Crippen LogP) is 3.84. The molecule has 3 nitrogen and oxygen atoms in total. The van der Waals surface area contributed by atoms with Gasteiger partial charge in [-0.3, -0.25) is 0 Å². The number of benzene rings is 1. The van der Waals surface area contributed by atoms with Crippen LogP contribution in [0.3, 0.4) is 0 Å². The number of pyridine rings is 1. The normalized spacial score (nSPS) is 20.8. The molecule has 20 heavy (non-hydrogen) atoms. The van der Waals surface area contributed by atoms with Crippen molar-refractivity contribution in [3.05, 3.63) is 54.2 Å². The number of anilines is 1. The van der Waals surface area contributed by atoms with E-state index in [-0.39, 0.29) is 6.10 Å². The minimum atomic E-state index is 0.156. The summed E-state index contributed by atoms with van der Waals surface area (Å²) in [6.07, 6.45) is 3.11. The second kappa shape index (κ2) is 5.53. The van der Waals surface area contributed by atoms with E-state index in [4.69, 9.17) is 4.74 Å². The molecule has 2 aromatic rings. The zero-order valence-corrected chi connectivity index (χ0v) is 11.9. The summed E-state index contributed by atoms with van der Waals surface area (Å²) < 4.78 is 5.79. The van der Waals surface area contributed by atoms with Gasteiger partial charge in [-0.2, -0.15) is 0 Å². The van der Waals surface area contributed by atoms with Crippen LogP contribution in [0.15, 0.2) is 48.7 Å². The van der Waals surface area contributed by atoms with Crippen LogP contribution in [-0.4, -0.2) is 17.1 Å². The highest BCUT2D eigenvalue weighted by Crippen LogP contribution is 2.43. The Balaban J connectivity index is 1.68. The Morgan fingerprint density at radius 1 is 1.15 bits per heavy atom. The average Bonchev–Trinajstić information content (AvgIpc) is 3.21. The molecule has 2 atom stereocenters. The van der Waals surface area contributed by atoms with Crippen LogP contribution >= 0.6 is 0 Å². The first-order chi connectivity index (χ1) is 9.74. The minimum Gasteiger partial charge on any atom is -0.487 e. The van der Waals surface area contributed by atoms with Gasteiger partial charge < -0.3 is 10.1 Å². The lowest BCUT2D eigenvalue weighted by Gasteiger charge is -2.14. The molecule has 1 aromatic carbocycles. The van der Waals surface area contributed by atoms with E-state index in [0.29, 0.717) is 12.0 Å². The van der Waals surface area contributed by atoms with Gasteiger partial charge in [0.15, 0.2) is 11.6 Å². The molecule has 3 rings (SSSR count). The maximum Gasteiger partial charge on any atom is 0.169 e. The summed E-state index contributed by atoms with van der Waals surface area (Å²) in [6.45, 7) is 4.06. The summed E-state index contributed by atoms with van der Waals surface area (Å²) in [5, 5.41) is 3.50. The van der Waals surface area contributed by atoms with E-state index in [1.165, 1.54) is 5.56 Å². The van der Waals surface area contributed by atoms with Crippen LogP contribution in [0.1, 0.15) is 31.7 Å². The van der Waals surface area contributed by atoms with Crippen LogP contribution in [-0.2, 0) is 0 Å². The molecule has 0 spiro atoms. The molecule has 1 aliphatic carbocycles. The monoisotopic (exact) mass is 268 g/mol. The lowest BCUT2D eigenvalue weighted by molar-refractivity contribution is 0.243. The van der Waals surface area contributed by atoms with Crippen molar-refractivity contribution in [3.63, 3.8) is 0 Å². The fraction of sp³-hybridized carbons (Fsp3) is 0.353. The third-order valence-electron chi connectivity index (χ3n) is 3.47. The van der Waals surface area contributed by atoms with Gasteiger partial charge in [-0.25, -0.2) is 4.98 Å². The van der Waals surface area contributed by atoms with Crippen molar-refractivity contribution in [2.24, 2.45) is 0 Å². The number of hydrogen-bond donors (Lipinski definition) is 1. The molecular weight excluding hydrogens is 248 g/mol. The predicted molar refractivity (Wildman–Crippen MR) is 81.2 cm³/mol. The number of nitrogens with zero attached hydrogens (tertiary/aromatic N) is 1. The summed E-state index contributed by atoms with van der Waals surface area (Å²) in [6, 6.07) is 15.0. The van der Waals surface area contributed by atoms with Gasteiger partial charge in [0.25, 0.3) is 0 Å². The quantitative estimate of drug-likeness (QED) is 0.894. The Morgan fingerprint density at radius 3 is 2.70 bits per heavy atom. The molecular formula is C17H20N2O. The number of ether oxygens (including phenoxy) is 1. The molecule has 1 fully saturated rings. The summed E-state index contributed by atoms with van der Waals surface area (Å²) >= 11 is 0. The minimum absolute atomic E-state index is 0.156. The van der Waals surface area contributed by atoms with Crippen molar-refractivity contribution in [1.82, 2.24) is 4.98 Å². The third kappa shape index (κ3) is 2.93. The van der Waals surface area contributed by atoms with E-state index < -0.39 is 0 Å². The van der Waals surface area contributed by atoms with Gasteiger partial charge in [0.1, 0.15) is 0 Å². The van der Waals surface area contributed by atoms with Crippen LogP contribution in [0.4, 0.5) is 5.82 Å². The Morgan fingerprint density at radius 2 is 1.95 bits per heavy atom. The van der Waals surface area contributed by atoms with Gasteiger partial charge in [-0.15, -0.1) is 0 Å². The first-order valence-electron chi connectivity index (χ1n) is 7.17. The Hall–Kier alpha value is -2.03. The highest BCUT2D eigenvalue weighted by molar-refractivity contribution is 5.52. The SMILES string of the molecule is CC(C)Oc1cccnc1NC1CC1c1ccccc1. The van der Waals surface area contributed by atoms with Crippen LogP contribution < -0.4 is 10.1 Å². The van der Waals surface area contributed by atoms with Crippen LogP contribution in [0, 0.1) is 0 Å². The van der Waals surface area contributed by atoms with E-state index in [1.807, 2.05) is 26.0 Å². The van der Waals surface area contributed by atoms with Crippen LogP contribution in [0.5, 0.6) is 5.75 Å². The molecule has 0 aliphatic heterocycles. The standard InChI is InChI=1S/C17H20N2O/c1-12(2)20-16-9-6-10-18-17(16)19-15-11-14(15)13-7-4-3-5-8-13/h3-10,12,14-15H,11H2,1-2H3,(H,18,19). The Labute approximate surface area is 120 Å². The fourth-order valence-corrected chi connectivity index (χ4v) is 2.45. The summed E-state index contributed by atoms with van der Waals surface area (Å²) in [7, 11) is 0. The van der Waals surface area contributed by atoms with Crippen molar-refractivity contribution < 1.29 is 4.74 Å². The highest BCUT2D eigenvalue weighted by Gasteiger charge is 2.38. The Kier molecular flexibility index (Phi) is 3.59. The second-order valence-electron chi connectivity index (χ2n) is 5.52. The molecule has 1 aliphatic rings. The molecule has 0 radical (unpaired) electrons. The molecule has 2 unspecified atom stereocenters. The fourth-order valence-electron chi connectivity index (χ4n) is 2.45. The maximum atomic E-state index is 5.79. The lowest BCUT2D eigenvalue weighted by Crippen LogP contribution is -2.11. The number of aromatic nitrogens is 1. The van der Waals surface area contributed by atoms with Crippen molar-refractivity contribution in [1.29, 1.82) is 0 Å². The highest BCUT2D eigenvalue weighted by atomic mass is 16.5. The van der Waals surface area contributed by atoms with Crippen LogP contribution in [0.25, 0.3) is 0 Å². The first kappa shape index (κ1) is 13.0. The third-order valence-corrected chi connectivity index (χ3v) is 3.47. The first-order valence-corrected chi connectivity index (χ1v) is 7.17. The zero-order valence-electron chi connectivity index (χ0n) is 11.9. The molecule has 0 saturated heterocycles. The molecule has 1 aromatic heterocycles. The number of hydrogen-bond acceptors (Lipinski definition) is 3. The number of rotatable bonds is 5. The van der Waals surface area contributed by atoms with Gasteiger partial charge in [-0.1, -0.05) is 30.3 Å². The molecule has 3 heteroatoms. The van der Waals surface area contributed by atoms with Crippen molar-refractivity contribution in [2.75, 3.05) is 5.32 Å². The van der Waals surface area contributed by atoms with Crippen molar-refractivity contribution >= 4 is 5.82 Å². The average molecular weight is 268 g/mol. The Bertz CT molecular complexity index is 568. The van der Waals surface area contributed by atoms with Crippen LogP contribution in [0.2, 0.25) is 0 Å². The van der Waals surface area contributed by atoms with Crippen molar-refractivity contribution in [3.8, 4) is 5.75 Å². The van der Waals surface area contributed by atoms with E-state index in [9.17, 15) is 0 Å².